The van der Waals surface area contributed by atoms with Gasteiger partial charge in [0, 0.05) is 10.7 Å². The van der Waals surface area contributed by atoms with E-state index in [9.17, 15) is 0 Å². The van der Waals surface area contributed by atoms with Crippen LogP contribution in [0.4, 0.5) is 0 Å². The van der Waals surface area contributed by atoms with Gasteiger partial charge in [0.05, 0.1) is 15.5 Å². The van der Waals surface area contributed by atoms with Crippen molar-refractivity contribution >= 4 is 40.3 Å². The smallest absolute Gasteiger partial charge is 0.138 e. The van der Waals surface area contributed by atoms with Gasteiger partial charge < -0.3 is 10.5 Å². The molecule has 1 aromatic rings. The average molecular weight is 301 g/mol. The second-order valence-electron chi connectivity index (χ2n) is 3.46. The van der Waals surface area contributed by atoms with Crippen LogP contribution in [0.5, 0.6) is 5.75 Å². The average Bonchev–Trinajstić information content (AvgIpc) is 2.28. The number of allylic oxidation sites excluding steroid dienone is 1. The number of benzene rings is 1. The minimum Gasteiger partial charge on any atom is -0.486 e. The quantitative estimate of drug-likeness (QED) is 0.525. The van der Waals surface area contributed by atoms with Crippen LogP contribution in [0.2, 0.25) is 10.0 Å². The SMILES string of the molecule is C/C(N)=C(\C#N)C(=S)COc1ccc(Cl)cc1Cl. The molecule has 0 bridgehead atoms. The predicted molar refractivity (Wildman–Crippen MR) is 77.1 cm³/mol. The summed E-state index contributed by atoms with van der Waals surface area (Å²) in [7, 11) is 0. The third-order valence-corrected chi connectivity index (χ3v) is 2.89. The topological polar surface area (TPSA) is 59.0 Å². The van der Waals surface area contributed by atoms with E-state index in [2.05, 4.69) is 0 Å². The second kappa shape index (κ2) is 6.60. The van der Waals surface area contributed by atoms with Crippen molar-refractivity contribution < 1.29 is 4.74 Å². The Kier molecular flexibility index (Phi) is 5.42. The van der Waals surface area contributed by atoms with Crippen LogP contribution in [0.1, 0.15) is 6.92 Å². The number of rotatable bonds is 4. The molecule has 0 aliphatic heterocycles. The Labute approximate surface area is 121 Å². The number of thiocarbonyl (C=S) groups is 1. The summed E-state index contributed by atoms with van der Waals surface area (Å²) in [6.45, 7) is 1.67. The lowest BCUT2D eigenvalue weighted by Crippen LogP contribution is -2.14. The first-order chi connectivity index (χ1) is 8.45. The molecular weight excluding hydrogens is 291 g/mol. The standard InChI is InChI=1S/C12H10Cl2N2OS/c1-7(16)9(5-15)12(18)6-17-11-3-2-8(13)4-10(11)14/h2-4H,6,16H2,1H3/b9-7-. The van der Waals surface area contributed by atoms with E-state index in [1.807, 2.05) is 6.07 Å². The summed E-state index contributed by atoms with van der Waals surface area (Å²) < 4.78 is 5.41. The van der Waals surface area contributed by atoms with Crippen LogP contribution in [0.15, 0.2) is 29.5 Å². The van der Waals surface area contributed by atoms with Gasteiger partial charge in [-0.05, 0) is 25.1 Å². The molecule has 0 amide bonds. The van der Waals surface area contributed by atoms with E-state index in [0.717, 1.165) is 0 Å². The molecule has 0 saturated heterocycles. The Balaban J connectivity index is 2.75. The van der Waals surface area contributed by atoms with Crippen molar-refractivity contribution in [2.75, 3.05) is 6.61 Å². The highest BCUT2D eigenvalue weighted by molar-refractivity contribution is 7.81. The molecule has 94 valence electrons. The van der Waals surface area contributed by atoms with E-state index >= 15 is 0 Å². The summed E-state index contributed by atoms with van der Waals surface area (Å²) in [6, 6.07) is 6.80. The summed E-state index contributed by atoms with van der Waals surface area (Å²) >= 11 is 16.8. The number of hydrogen-bond acceptors (Lipinski definition) is 4. The molecule has 0 fully saturated rings. The number of nitrogens with two attached hydrogens (primary N) is 1. The van der Waals surface area contributed by atoms with Crippen molar-refractivity contribution in [1.82, 2.24) is 0 Å². The Hall–Kier alpha value is -1.28. The molecule has 0 aromatic heterocycles. The van der Waals surface area contributed by atoms with E-state index < -0.39 is 0 Å². The number of ether oxygens (including phenoxy) is 1. The molecule has 0 spiro atoms. The summed E-state index contributed by atoms with van der Waals surface area (Å²) in [5.41, 5.74) is 6.17. The Morgan fingerprint density at radius 2 is 2.17 bits per heavy atom. The van der Waals surface area contributed by atoms with Gasteiger partial charge in [-0.15, -0.1) is 0 Å². The monoisotopic (exact) mass is 300 g/mol. The van der Waals surface area contributed by atoms with Gasteiger partial charge in [-0.1, -0.05) is 35.4 Å². The van der Waals surface area contributed by atoms with E-state index in [-0.39, 0.29) is 12.2 Å². The molecule has 0 heterocycles. The van der Waals surface area contributed by atoms with Crippen LogP contribution in [-0.2, 0) is 0 Å². The van der Waals surface area contributed by atoms with Crippen LogP contribution in [-0.4, -0.2) is 11.5 Å². The lowest BCUT2D eigenvalue weighted by molar-refractivity contribution is 0.379. The maximum absolute atomic E-state index is 8.88. The third kappa shape index (κ3) is 3.88. The number of nitriles is 1. The van der Waals surface area contributed by atoms with Crippen LogP contribution < -0.4 is 10.5 Å². The third-order valence-electron chi connectivity index (χ3n) is 2.04. The maximum atomic E-state index is 8.88. The molecule has 2 N–H and O–H groups in total. The first kappa shape index (κ1) is 14.8. The zero-order valence-corrected chi connectivity index (χ0v) is 11.9. The minimum absolute atomic E-state index is 0.0636. The van der Waals surface area contributed by atoms with Crippen LogP contribution in [0.3, 0.4) is 0 Å². The molecule has 0 atom stereocenters. The molecule has 18 heavy (non-hydrogen) atoms. The fourth-order valence-electron chi connectivity index (χ4n) is 1.18. The normalized spacial score (nSPS) is 11.4. The molecule has 3 nitrogen and oxygen atoms in total. The van der Waals surface area contributed by atoms with E-state index in [1.165, 1.54) is 0 Å². The zero-order chi connectivity index (χ0) is 13.7. The molecule has 0 aliphatic rings. The van der Waals surface area contributed by atoms with Gasteiger partial charge in [-0.25, -0.2) is 0 Å². The Morgan fingerprint density at radius 3 is 2.67 bits per heavy atom. The fourth-order valence-corrected chi connectivity index (χ4v) is 1.91. The van der Waals surface area contributed by atoms with E-state index in [4.69, 9.17) is 51.2 Å². The van der Waals surface area contributed by atoms with Crippen molar-refractivity contribution in [3.8, 4) is 11.8 Å². The van der Waals surface area contributed by atoms with Crippen molar-refractivity contribution in [3.63, 3.8) is 0 Å². The van der Waals surface area contributed by atoms with Crippen molar-refractivity contribution in [3.05, 3.63) is 39.5 Å². The van der Waals surface area contributed by atoms with E-state index in [0.29, 0.717) is 26.4 Å². The molecule has 1 aromatic carbocycles. The van der Waals surface area contributed by atoms with Gasteiger partial charge in [0.15, 0.2) is 0 Å². The zero-order valence-electron chi connectivity index (χ0n) is 9.54. The van der Waals surface area contributed by atoms with Crippen LogP contribution in [0, 0.1) is 11.3 Å². The Morgan fingerprint density at radius 1 is 1.50 bits per heavy atom. The first-order valence-electron chi connectivity index (χ1n) is 4.93. The lowest BCUT2D eigenvalue weighted by atomic mass is 10.2. The molecule has 0 unspecified atom stereocenters. The molecule has 6 heteroatoms. The molecular formula is C12H10Cl2N2OS. The molecule has 0 radical (unpaired) electrons. The number of nitrogens with zero attached hydrogens (tertiary/aromatic N) is 1. The van der Waals surface area contributed by atoms with Gasteiger partial charge in [0.2, 0.25) is 0 Å². The highest BCUT2D eigenvalue weighted by Crippen LogP contribution is 2.27. The Bertz CT molecular complexity index is 545. The van der Waals surface area contributed by atoms with E-state index in [1.54, 1.807) is 25.1 Å². The summed E-state index contributed by atoms with van der Waals surface area (Å²) in [5.74, 6) is 0.454. The number of halogens is 2. The lowest BCUT2D eigenvalue weighted by Gasteiger charge is -2.09. The van der Waals surface area contributed by atoms with Gasteiger partial charge in [-0.3, -0.25) is 0 Å². The maximum Gasteiger partial charge on any atom is 0.138 e. The van der Waals surface area contributed by atoms with Crippen molar-refractivity contribution in [2.24, 2.45) is 5.73 Å². The van der Waals surface area contributed by atoms with Crippen LogP contribution in [0.25, 0.3) is 0 Å². The van der Waals surface area contributed by atoms with Gasteiger partial charge >= 0.3 is 0 Å². The second-order valence-corrected chi connectivity index (χ2v) is 4.79. The minimum atomic E-state index is 0.0636. The van der Waals surface area contributed by atoms with Crippen LogP contribution >= 0.6 is 35.4 Å². The highest BCUT2D eigenvalue weighted by Gasteiger charge is 2.09. The summed E-state index contributed by atoms with van der Waals surface area (Å²) in [5, 5.41) is 9.79. The summed E-state index contributed by atoms with van der Waals surface area (Å²) in [6.07, 6.45) is 0. The highest BCUT2D eigenvalue weighted by atomic mass is 35.5. The molecule has 0 saturated carbocycles. The van der Waals surface area contributed by atoms with Crippen molar-refractivity contribution in [2.45, 2.75) is 6.92 Å². The molecule has 0 aliphatic carbocycles. The van der Waals surface area contributed by atoms with Crippen molar-refractivity contribution in [1.29, 1.82) is 5.26 Å². The number of hydrogen-bond donors (Lipinski definition) is 1. The molecule has 1 rings (SSSR count). The summed E-state index contributed by atoms with van der Waals surface area (Å²) in [4.78, 5) is 0.337. The predicted octanol–water partition coefficient (Wildman–Crippen LogP) is 3.50. The largest absolute Gasteiger partial charge is 0.486 e. The van der Waals surface area contributed by atoms with Gasteiger partial charge in [-0.2, -0.15) is 5.26 Å². The fraction of sp³-hybridized carbons (Fsp3) is 0.167. The van der Waals surface area contributed by atoms with Gasteiger partial charge in [0.25, 0.3) is 0 Å². The first-order valence-corrected chi connectivity index (χ1v) is 6.09. The van der Waals surface area contributed by atoms with Gasteiger partial charge in [0.1, 0.15) is 18.4 Å².